The van der Waals surface area contributed by atoms with Crippen molar-refractivity contribution in [2.24, 2.45) is 4.99 Å². The molecule has 1 aliphatic rings. The van der Waals surface area contributed by atoms with Crippen molar-refractivity contribution in [1.29, 1.82) is 0 Å². The molecule has 0 spiro atoms. The minimum atomic E-state index is -0.772. The highest BCUT2D eigenvalue weighted by Gasteiger charge is 2.38. The smallest absolute Gasteiger partial charge is 0.269 e. The molecule has 2 aromatic rings. The van der Waals surface area contributed by atoms with E-state index < -0.39 is 17.1 Å². The Balaban J connectivity index is 1.91. The average molecular weight is 356 g/mol. The standard InChI is InChI=1S/C18H16N2O4S/c1-11-3-5-13(6-4-11)16(21)17-15(19-18(24-17)25-2)12-7-9-14(10-8-12)20(22)23/h3-10,15,17H,1-2H3/t15-,17-/m1/s1. The van der Waals surface area contributed by atoms with E-state index in [1.165, 1.54) is 23.9 Å². The second-order valence-electron chi connectivity index (χ2n) is 5.66. The number of aliphatic imine (C=N–C) groups is 1. The fourth-order valence-corrected chi connectivity index (χ4v) is 3.03. The zero-order valence-corrected chi connectivity index (χ0v) is 14.5. The normalized spacial score (nSPS) is 19.2. The number of hydrogen-bond donors (Lipinski definition) is 0. The van der Waals surface area contributed by atoms with Gasteiger partial charge in [0.15, 0.2) is 6.10 Å². The number of nitro benzene ring substituents is 1. The molecule has 0 bridgehead atoms. The van der Waals surface area contributed by atoms with E-state index in [1.54, 1.807) is 24.3 Å². The van der Waals surface area contributed by atoms with Crippen molar-refractivity contribution in [2.45, 2.75) is 19.1 Å². The summed E-state index contributed by atoms with van der Waals surface area (Å²) < 4.78 is 5.73. The molecule has 0 saturated heterocycles. The predicted octanol–water partition coefficient (Wildman–Crippen LogP) is 3.95. The first kappa shape index (κ1) is 17.2. The lowest BCUT2D eigenvalue weighted by molar-refractivity contribution is -0.384. The van der Waals surface area contributed by atoms with Crippen LogP contribution >= 0.6 is 11.8 Å². The van der Waals surface area contributed by atoms with Crippen molar-refractivity contribution in [3.63, 3.8) is 0 Å². The lowest BCUT2D eigenvalue weighted by atomic mass is 9.95. The molecule has 0 aliphatic carbocycles. The van der Waals surface area contributed by atoms with Crippen LogP contribution in [-0.4, -0.2) is 28.3 Å². The van der Waals surface area contributed by atoms with Gasteiger partial charge in [-0.25, -0.2) is 4.99 Å². The monoisotopic (exact) mass is 356 g/mol. The summed E-state index contributed by atoms with van der Waals surface area (Å²) in [5.74, 6) is -0.156. The molecule has 128 valence electrons. The topological polar surface area (TPSA) is 81.8 Å². The number of aryl methyl sites for hydroxylation is 1. The van der Waals surface area contributed by atoms with Crippen LogP contribution in [0.1, 0.15) is 27.5 Å². The molecular weight excluding hydrogens is 340 g/mol. The second-order valence-corrected chi connectivity index (χ2v) is 6.42. The molecule has 2 atom stereocenters. The molecule has 0 amide bonds. The summed E-state index contributed by atoms with van der Waals surface area (Å²) in [7, 11) is 0. The summed E-state index contributed by atoms with van der Waals surface area (Å²) in [6, 6.07) is 12.8. The van der Waals surface area contributed by atoms with E-state index >= 15 is 0 Å². The molecule has 1 heterocycles. The number of non-ortho nitro benzene ring substituents is 1. The molecular formula is C18H16N2O4S. The maximum atomic E-state index is 12.9. The number of nitro groups is 1. The molecule has 0 radical (unpaired) electrons. The summed E-state index contributed by atoms with van der Waals surface area (Å²) >= 11 is 1.32. The van der Waals surface area contributed by atoms with Crippen LogP contribution < -0.4 is 0 Å². The lowest BCUT2D eigenvalue weighted by Gasteiger charge is -2.16. The van der Waals surface area contributed by atoms with Crippen LogP contribution in [0.2, 0.25) is 0 Å². The predicted molar refractivity (Wildman–Crippen MR) is 97.2 cm³/mol. The van der Waals surface area contributed by atoms with E-state index in [4.69, 9.17) is 4.74 Å². The van der Waals surface area contributed by atoms with E-state index in [1.807, 2.05) is 25.3 Å². The van der Waals surface area contributed by atoms with E-state index in [0.29, 0.717) is 16.4 Å². The Hall–Kier alpha value is -2.67. The van der Waals surface area contributed by atoms with E-state index in [2.05, 4.69) is 4.99 Å². The van der Waals surface area contributed by atoms with Crippen molar-refractivity contribution >= 4 is 28.5 Å². The van der Waals surface area contributed by atoms with Crippen LogP contribution in [0.4, 0.5) is 5.69 Å². The van der Waals surface area contributed by atoms with Gasteiger partial charge in [-0.1, -0.05) is 41.6 Å². The molecule has 2 aromatic carbocycles. The molecule has 6 nitrogen and oxygen atoms in total. The Morgan fingerprint density at radius 2 is 1.80 bits per heavy atom. The van der Waals surface area contributed by atoms with Gasteiger partial charge in [-0.2, -0.15) is 0 Å². The van der Waals surface area contributed by atoms with E-state index in [0.717, 1.165) is 5.56 Å². The van der Waals surface area contributed by atoms with Gasteiger partial charge in [0.2, 0.25) is 11.0 Å². The largest absolute Gasteiger partial charge is 0.459 e. The number of hydrogen-bond acceptors (Lipinski definition) is 6. The summed E-state index contributed by atoms with van der Waals surface area (Å²) in [5.41, 5.74) is 2.33. The Morgan fingerprint density at radius 1 is 1.16 bits per heavy atom. The first-order valence-electron chi connectivity index (χ1n) is 7.63. The fourth-order valence-electron chi connectivity index (χ4n) is 2.61. The molecule has 0 N–H and O–H groups in total. The summed E-state index contributed by atoms with van der Waals surface area (Å²) in [6.45, 7) is 1.95. The van der Waals surface area contributed by atoms with Crippen molar-refractivity contribution in [2.75, 3.05) is 6.26 Å². The highest BCUT2D eigenvalue weighted by molar-refractivity contribution is 8.12. The fraction of sp³-hybridized carbons (Fsp3) is 0.222. The number of Topliss-reactive ketones (excluding diaryl/α,β-unsaturated/α-hetero) is 1. The number of thioether (sulfide) groups is 1. The summed E-state index contributed by atoms with van der Waals surface area (Å²) in [4.78, 5) is 27.7. The Labute approximate surface area is 149 Å². The highest BCUT2D eigenvalue weighted by Crippen LogP contribution is 2.34. The maximum absolute atomic E-state index is 12.9. The third kappa shape index (κ3) is 3.56. The number of carbonyl (C=O) groups is 1. The van der Waals surface area contributed by atoms with Gasteiger partial charge in [0, 0.05) is 17.7 Å². The minimum absolute atomic E-state index is 0.00172. The number of ether oxygens (including phenoxy) is 1. The number of rotatable bonds is 4. The van der Waals surface area contributed by atoms with Gasteiger partial charge < -0.3 is 4.74 Å². The number of ketones is 1. The molecule has 25 heavy (non-hydrogen) atoms. The summed E-state index contributed by atoms with van der Waals surface area (Å²) in [6.07, 6.45) is 1.05. The van der Waals surface area contributed by atoms with E-state index in [9.17, 15) is 14.9 Å². The zero-order chi connectivity index (χ0) is 18.0. The molecule has 0 saturated carbocycles. The molecule has 3 rings (SSSR count). The second kappa shape index (κ2) is 7.06. The zero-order valence-electron chi connectivity index (χ0n) is 13.7. The lowest BCUT2D eigenvalue weighted by Crippen LogP contribution is -2.27. The van der Waals surface area contributed by atoms with Crippen LogP contribution in [0.5, 0.6) is 0 Å². The van der Waals surface area contributed by atoms with Crippen molar-refractivity contribution < 1.29 is 14.5 Å². The molecule has 7 heteroatoms. The molecule has 1 aliphatic heterocycles. The molecule has 0 aromatic heterocycles. The third-order valence-corrected chi connectivity index (χ3v) is 4.52. The summed E-state index contributed by atoms with van der Waals surface area (Å²) in [5, 5.41) is 11.3. The third-order valence-electron chi connectivity index (χ3n) is 3.97. The van der Waals surface area contributed by atoms with Gasteiger partial charge in [0.05, 0.1) is 4.92 Å². The van der Waals surface area contributed by atoms with Crippen LogP contribution in [0.15, 0.2) is 53.5 Å². The number of nitrogens with zero attached hydrogens (tertiary/aromatic N) is 2. The Bertz CT molecular complexity index is 831. The van der Waals surface area contributed by atoms with Crippen LogP contribution in [-0.2, 0) is 4.74 Å². The molecule has 0 fully saturated rings. The van der Waals surface area contributed by atoms with Crippen LogP contribution in [0, 0.1) is 17.0 Å². The minimum Gasteiger partial charge on any atom is -0.459 e. The maximum Gasteiger partial charge on any atom is 0.269 e. The highest BCUT2D eigenvalue weighted by atomic mass is 32.2. The van der Waals surface area contributed by atoms with Gasteiger partial charge in [0.1, 0.15) is 6.04 Å². The van der Waals surface area contributed by atoms with Gasteiger partial charge >= 0.3 is 0 Å². The average Bonchev–Trinajstić information content (AvgIpc) is 3.06. The Kier molecular flexibility index (Phi) is 4.85. The van der Waals surface area contributed by atoms with Crippen LogP contribution in [0.25, 0.3) is 0 Å². The van der Waals surface area contributed by atoms with Crippen molar-refractivity contribution in [3.8, 4) is 0 Å². The first-order valence-corrected chi connectivity index (χ1v) is 8.86. The van der Waals surface area contributed by atoms with E-state index in [-0.39, 0.29) is 11.5 Å². The van der Waals surface area contributed by atoms with Crippen molar-refractivity contribution in [1.82, 2.24) is 0 Å². The molecule has 0 unspecified atom stereocenters. The van der Waals surface area contributed by atoms with Gasteiger partial charge in [-0.3, -0.25) is 14.9 Å². The van der Waals surface area contributed by atoms with Crippen LogP contribution in [0.3, 0.4) is 0 Å². The van der Waals surface area contributed by atoms with Gasteiger partial charge in [0.25, 0.3) is 5.69 Å². The first-order chi connectivity index (χ1) is 12.0. The quantitative estimate of drug-likeness (QED) is 0.471. The number of benzene rings is 2. The van der Waals surface area contributed by atoms with Gasteiger partial charge in [-0.05, 0) is 30.9 Å². The Morgan fingerprint density at radius 3 is 2.36 bits per heavy atom. The van der Waals surface area contributed by atoms with Crippen molar-refractivity contribution in [3.05, 3.63) is 75.3 Å². The SMILES string of the molecule is CSC1=N[C@H](c2ccc([N+](=O)[O-])cc2)[C@H](C(=O)c2ccc(C)cc2)O1. The van der Waals surface area contributed by atoms with Gasteiger partial charge in [-0.15, -0.1) is 0 Å². The number of carbonyl (C=O) groups excluding carboxylic acids is 1.